The highest BCUT2D eigenvalue weighted by atomic mass is 35.5. The summed E-state index contributed by atoms with van der Waals surface area (Å²) >= 11 is 6.11. The van der Waals surface area contributed by atoms with Crippen LogP contribution in [0.3, 0.4) is 0 Å². The van der Waals surface area contributed by atoms with Crippen LogP contribution < -0.4 is 10.1 Å². The summed E-state index contributed by atoms with van der Waals surface area (Å²) in [6, 6.07) is 14.7. The second-order valence-corrected chi connectivity index (χ2v) is 8.35. The van der Waals surface area contributed by atoms with E-state index in [4.69, 9.17) is 16.3 Å². The van der Waals surface area contributed by atoms with Crippen LogP contribution in [-0.2, 0) is 16.1 Å². The van der Waals surface area contributed by atoms with E-state index in [1.54, 1.807) is 17.9 Å². The normalized spacial score (nSPS) is 12.7. The van der Waals surface area contributed by atoms with Crippen LogP contribution in [0, 0.1) is 6.92 Å². The fraction of sp³-hybridized carbons (Fsp3) is 0.440. The maximum atomic E-state index is 13.0. The Morgan fingerprint density at radius 2 is 1.84 bits per heavy atom. The fourth-order valence-electron chi connectivity index (χ4n) is 3.07. The number of rotatable bonds is 11. The SMILES string of the molecule is CC[C@H](C)NC(=O)[C@@H](C)N(Cc1cccc(Cl)c1)C(=O)CCCOc1ccc(C)cc1. The molecule has 31 heavy (non-hydrogen) atoms. The molecule has 0 heterocycles. The molecule has 0 spiro atoms. The van der Waals surface area contributed by atoms with Crippen LogP contribution in [0.4, 0.5) is 0 Å². The lowest BCUT2D eigenvalue weighted by Crippen LogP contribution is -2.49. The van der Waals surface area contributed by atoms with E-state index in [1.165, 1.54) is 5.56 Å². The van der Waals surface area contributed by atoms with E-state index in [2.05, 4.69) is 5.32 Å². The molecule has 0 aliphatic heterocycles. The van der Waals surface area contributed by atoms with Gasteiger partial charge in [0.15, 0.2) is 0 Å². The molecule has 6 heteroatoms. The monoisotopic (exact) mass is 444 g/mol. The average Bonchev–Trinajstić information content (AvgIpc) is 2.75. The quantitative estimate of drug-likeness (QED) is 0.488. The maximum Gasteiger partial charge on any atom is 0.242 e. The number of carbonyl (C=O) groups is 2. The van der Waals surface area contributed by atoms with E-state index in [0.717, 1.165) is 17.7 Å². The first-order valence-corrected chi connectivity index (χ1v) is 11.2. The molecule has 2 aromatic rings. The van der Waals surface area contributed by atoms with E-state index in [-0.39, 0.29) is 17.9 Å². The van der Waals surface area contributed by atoms with Gasteiger partial charge in [-0.3, -0.25) is 9.59 Å². The highest BCUT2D eigenvalue weighted by Crippen LogP contribution is 2.17. The topological polar surface area (TPSA) is 58.6 Å². The summed E-state index contributed by atoms with van der Waals surface area (Å²) in [6.45, 7) is 8.52. The lowest BCUT2D eigenvalue weighted by Gasteiger charge is -2.30. The number of hydrogen-bond acceptors (Lipinski definition) is 3. The van der Waals surface area contributed by atoms with Crippen LogP contribution in [0.1, 0.15) is 51.2 Å². The summed E-state index contributed by atoms with van der Waals surface area (Å²) in [4.78, 5) is 27.4. The van der Waals surface area contributed by atoms with Crippen LogP contribution in [0.25, 0.3) is 0 Å². The van der Waals surface area contributed by atoms with Gasteiger partial charge in [0, 0.05) is 24.0 Å². The van der Waals surface area contributed by atoms with E-state index >= 15 is 0 Å². The molecule has 0 aliphatic rings. The van der Waals surface area contributed by atoms with Crippen molar-refractivity contribution in [3.8, 4) is 5.75 Å². The molecular formula is C25H33ClN2O3. The zero-order valence-electron chi connectivity index (χ0n) is 18.9. The molecule has 168 valence electrons. The van der Waals surface area contributed by atoms with Crippen molar-refractivity contribution in [3.05, 3.63) is 64.7 Å². The maximum absolute atomic E-state index is 13.0. The molecule has 2 rings (SSSR count). The molecule has 0 radical (unpaired) electrons. The van der Waals surface area contributed by atoms with Gasteiger partial charge in [-0.05, 0) is 63.4 Å². The second-order valence-electron chi connectivity index (χ2n) is 7.91. The third kappa shape index (κ3) is 8.25. The molecule has 0 aliphatic carbocycles. The van der Waals surface area contributed by atoms with E-state index < -0.39 is 6.04 Å². The molecule has 2 aromatic carbocycles. The number of nitrogens with zero attached hydrogens (tertiary/aromatic N) is 1. The van der Waals surface area contributed by atoms with Gasteiger partial charge in [-0.25, -0.2) is 0 Å². The summed E-state index contributed by atoms with van der Waals surface area (Å²) < 4.78 is 5.73. The van der Waals surface area contributed by atoms with Gasteiger partial charge in [0.1, 0.15) is 11.8 Å². The van der Waals surface area contributed by atoms with Crippen molar-refractivity contribution >= 4 is 23.4 Å². The lowest BCUT2D eigenvalue weighted by atomic mass is 10.1. The van der Waals surface area contributed by atoms with Crippen molar-refractivity contribution in [3.63, 3.8) is 0 Å². The van der Waals surface area contributed by atoms with E-state index in [9.17, 15) is 9.59 Å². The van der Waals surface area contributed by atoms with Gasteiger partial charge in [-0.15, -0.1) is 0 Å². The van der Waals surface area contributed by atoms with Gasteiger partial charge in [0.25, 0.3) is 0 Å². The van der Waals surface area contributed by atoms with Crippen molar-refractivity contribution in [2.75, 3.05) is 6.61 Å². The smallest absolute Gasteiger partial charge is 0.242 e. The number of carbonyl (C=O) groups excluding carboxylic acids is 2. The molecule has 0 unspecified atom stereocenters. The Kier molecular flexibility index (Phi) is 9.86. The molecule has 0 fully saturated rings. The van der Waals surface area contributed by atoms with Crippen LogP contribution in [0.2, 0.25) is 5.02 Å². The number of amides is 2. The summed E-state index contributed by atoms with van der Waals surface area (Å²) in [7, 11) is 0. The number of halogens is 1. The van der Waals surface area contributed by atoms with Gasteiger partial charge in [-0.1, -0.05) is 48.4 Å². The standard InChI is InChI=1S/C25H33ClN2O3/c1-5-19(3)27-25(30)20(4)28(17-21-8-6-9-22(26)16-21)24(29)10-7-15-31-23-13-11-18(2)12-14-23/h6,8-9,11-14,16,19-20H,5,7,10,15,17H2,1-4H3,(H,27,30)/t19-,20+/m0/s1. The first-order chi connectivity index (χ1) is 14.8. The number of ether oxygens (including phenoxy) is 1. The number of nitrogens with one attached hydrogen (secondary N) is 1. The number of benzene rings is 2. The van der Waals surface area contributed by atoms with Crippen LogP contribution in [0.5, 0.6) is 5.75 Å². The first kappa shape index (κ1) is 24.7. The highest BCUT2D eigenvalue weighted by molar-refractivity contribution is 6.30. The zero-order chi connectivity index (χ0) is 22.8. The van der Waals surface area contributed by atoms with Crippen molar-refractivity contribution < 1.29 is 14.3 Å². The van der Waals surface area contributed by atoms with Gasteiger partial charge in [0.05, 0.1) is 6.61 Å². The van der Waals surface area contributed by atoms with Crippen molar-refractivity contribution in [1.29, 1.82) is 0 Å². The molecule has 5 nitrogen and oxygen atoms in total. The van der Waals surface area contributed by atoms with Crippen LogP contribution in [-0.4, -0.2) is 35.4 Å². The average molecular weight is 445 g/mol. The molecule has 0 aromatic heterocycles. The summed E-state index contributed by atoms with van der Waals surface area (Å²) in [5.41, 5.74) is 2.06. The van der Waals surface area contributed by atoms with Crippen molar-refractivity contribution in [2.45, 2.75) is 65.6 Å². The van der Waals surface area contributed by atoms with E-state index in [0.29, 0.717) is 31.0 Å². The van der Waals surface area contributed by atoms with Crippen LogP contribution in [0.15, 0.2) is 48.5 Å². The first-order valence-electron chi connectivity index (χ1n) is 10.8. The minimum Gasteiger partial charge on any atom is -0.494 e. The highest BCUT2D eigenvalue weighted by Gasteiger charge is 2.26. The van der Waals surface area contributed by atoms with Gasteiger partial charge < -0.3 is 15.0 Å². The molecule has 2 amide bonds. The largest absolute Gasteiger partial charge is 0.494 e. The molecule has 0 saturated heterocycles. The second kappa shape index (κ2) is 12.4. The Labute approximate surface area is 190 Å². The van der Waals surface area contributed by atoms with Crippen LogP contribution >= 0.6 is 11.6 Å². The van der Waals surface area contributed by atoms with Crippen molar-refractivity contribution in [1.82, 2.24) is 10.2 Å². The Balaban J connectivity index is 2.00. The molecular weight excluding hydrogens is 412 g/mol. The van der Waals surface area contributed by atoms with Gasteiger partial charge in [-0.2, -0.15) is 0 Å². The summed E-state index contributed by atoms with van der Waals surface area (Å²) in [5.74, 6) is 0.551. The molecule has 1 N–H and O–H groups in total. The Hall–Kier alpha value is -2.53. The van der Waals surface area contributed by atoms with E-state index in [1.807, 2.05) is 63.2 Å². The number of aryl methyl sites for hydroxylation is 1. The minimum absolute atomic E-state index is 0.0565. The molecule has 2 atom stereocenters. The lowest BCUT2D eigenvalue weighted by molar-refractivity contribution is -0.141. The fourth-order valence-corrected chi connectivity index (χ4v) is 3.28. The zero-order valence-corrected chi connectivity index (χ0v) is 19.6. The minimum atomic E-state index is -0.585. The predicted molar refractivity (Wildman–Crippen MR) is 125 cm³/mol. The molecule has 0 saturated carbocycles. The predicted octanol–water partition coefficient (Wildman–Crippen LogP) is 5.14. The summed E-state index contributed by atoms with van der Waals surface area (Å²) in [6.07, 6.45) is 1.70. The molecule has 0 bridgehead atoms. The summed E-state index contributed by atoms with van der Waals surface area (Å²) in [5, 5.41) is 3.58. The van der Waals surface area contributed by atoms with Gasteiger partial charge >= 0.3 is 0 Å². The Bertz CT molecular complexity index is 854. The Morgan fingerprint density at radius 3 is 2.48 bits per heavy atom. The Morgan fingerprint density at radius 1 is 1.13 bits per heavy atom. The van der Waals surface area contributed by atoms with Gasteiger partial charge in [0.2, 0.25) is 11.8 Å². The number of hydrogen-bond donors (Lipinski definition) is 1. The van der Waals surface area contributed by atoms with Crippen molar-refractivity contribution in [2.24, 2.45) is 0 Å². The third-order valence-electron chi connectivity index (χ3n) is 5.23. The third-order valence-corrected chi connectivity index (χ3v) is 5.47.